The number of piperazine rings is 1. The molecule has 2 atom stereocenters. The molecule has 3 amide bonds. The molecule has 0 saturated carbocycles. The van der Waals surface area contributed by atoms with Gasteiger partial charge in [0.15, 0.2) is 12.1 Å². The van der Waals surface area contributed by atoms with Crippen LogP contribution < -0.4 is 9.80 Å². The fourth-order valence-electron chi connectivity index (χ4n) is 4.63. The normalized spacial score (nSPS) is 21.5. The Labute approximate surface area is 201 Å². The van der Waals surface area contributed by atoms with Crippen molar-refractivity contribution in [3.8, 4) is 0 Å². The van der Waals surface area contributed by atoms with Gasteiger partial charge in [0, 0.05) is 31.9 Å². The van der Waals surface area contributed by atoms with E-state index >= 15 is 0 Å². The smallest absolute Gasteiger partial charge is 0.339 e. The molecule has 2 aromatic carbocycles. The lowest BCUT2D eigenvalue weighted by atomic mass is 10.1. The third kappa shape index (κ3) is 3.98. The van der Waals surface area contributed by atoms with Crippen LogP contribution in [0.15, 0.2) is 64.9 Å². The summed E-state index contributed by atoms with van der Waals surface area (Å²) in [5, 5.41) is 9.21. The first-order valence-electron chi connectivity index (χ1n) is 11.3. The van der Waals surface area contributed by atoms with Crippen molar-refractivity contribution < 1.29 is 23.9 Å². The Hall–Kier alpha value is -4.28. The molecule has 2 saturated heterocycles. The van der Waals surface area contributed by atoms with Gasteiger partial charge in [-0.3, -0.25) is 19.4 Å². The highest BCUT2D eigenvalue weighted by Gasteiger charge is 2.55. The van der Waals surface area contributed by atoms with Gasteiger partial charge in [0.2, 0.25) is 5.91 Å². The Morgan fingerprint density at radius 3 is 2.34 bits per heavy atom. The lowest BCUT2D eigenvalue weighted by molar-refractivity contribution is -0.134. The van der Waals surface area contributed by atoms with E-state index in [0.717, 1.165) is 10.6 Å². The van der Waals surface area contributed by atoms with Crippen molar-refractivity contribution >= 4 is 35.1 Å². The summed E-state index contributed by atoms with van der Waals surface area (Å²) in [6.45, 7) is 2.30. The Bertz CT molecular complexity index is 1190. The van der Waals surface area contributed by atoms with E-state index in [0.29, 0.717) is 26.2 Å². The van der Waals surface area contributed by atoms with E-state index in [2.05, 4.69) is 15.2 Å². The number of hydrogen-bond acceptors (Lipinski definition) is 9. The summed E-state index contributed by atoms with van der Waals surface area (Å²) in [6.07, 6.45) is 0. The van der Waals surface area contributed by atoms with E-state index < -0.39 is 29.9 Å². The lowest BCUT2D eigenvalue weighted by Gasteiger charge is -2.36. The molecule has 0 spiro atoms. The first-order chi connectivity index (χ1) is 17.0. The summed E-state index contributed by atoms with van der Waals surface area (Å²) in [4.78, 5) is 56.4. The molecule has 3 aliphatic rings. The number of methoxy groups -OCH3 is 1. The zero-order valence-corrected chi connectivity index (χ0v) is 19.1. The van der Waals surface area contributed by atoms with Crippen LogP contribution in [-0.2, 0) is 19.1 Å². The molecule has 0 radical (unpaired) electrons. The minimum absolute atomic E-state index is 0.0903. The van der Waals surface area contributed by atoms with Crippen LogP contribution in [0.2, 0.25) is 0 Å². The van der Waals surface area contributed by atoms with Crippen LogP contribution >= 0.6 is 0 Å². The number of fused-ring (bicyclic) bond motifs is 1. The highest BCUT2D eigenvalue weighted by molar-refractivity contribution is 6.26. The van der Waals surface area contributed by atoms with Gasteiger partial charge in [-0.2, -0.15) is 5.11 Å². The summed E-state index contributed by atoms with van der Waals surface area (Å²) in [7, 11) is 1.22. The molecular formula is C24H24N6O5. The number of amides is 3. The number of ether oxygens (including phenoxy) is 1. The maximum atomic E-state index is 13.3. The Balaban J connectivity index is 1.26. The molecule has 0 unspecified atom stereocenters. The van der Waals surface area contributed by atoms with Crippen LogP contribution in [0.4, 0.5) is 11.4 Å². The van der Waals surface area contributed by atoms with Crippen LogP contribution in [0.5, 0.6) is 0 Å². The summed E-state index contributed by atoms with van der Waals surface area (Å²) < 4.78 is 4.78. The minimum Gasteiger partial charge on any atom is -0.465 e. The van der Waals surface area contributed by atoms with E-state index in [1.807, 2.05) is 30.3 Å². The van der Waals surface area contributed by atoms with Crippen LogP contribution in [0.1, 0.15) is 10.4 Å². The third-order valence-corrected chi connectivity index (χ3v) is 6.46. The van der Waals surface area contributed by atoms with Crippen molar-refractivity contribution in [3.63, 3.8) is 0 Å². The van der Waals surface area contributed by atoms with Gasteiger partial charge in [-0.1, -0.05) is 35.6 Å². The topological polar surface area (TPSA) is 115 Å². The van der Waals surface area contributed by atoms with E-state index in [1.165, 1.54) is 24.3 Å². The van der Waals surface area contributed by atoms with Crippen LogP contribution in [0.3, 0.4) is 0 Å². The lowest BCUT2D eigenvalue weighted by Crippen LogP contribution is -2.52. The summed E-state index contributed by atoms with van der Waals surface area (Å²) in [6, 6.07) is 14.1. The van der Waals surface area contributed by atoms with Crippen molar-refractivity contribution in [1.82, 2.24) is 9.91 Å². The fraction of sp³-hybridized carbons (Fsp3) is 0.333. The van der Waals surface area contributed by atoms with E-state index in [-0.39, 0.29) is 23.7 Å². The largest absolute Gasteiger partial charge is 0.465 e. The van der Waals surface area contributed by atoms with Crippen molar-refractivity contribution in [2.24, 2.45) is 10.3 Å². The standard InChI is InChI=1S/C24H24N6O5/c1-35-24(34)17-9-5-6-10-18(17)30-22(32)20-21(23(30)33)29(26-25-20)15-19(31)28-13-11-27(12-14-28)16-7-3-2-4-8-16/h2-10,20-21H,11-15H2,1H3/t20-,21+/m1/s1. The SMILES string of the molecule is COC(=O)c1ccccc1N1C(=O)[C@@H]2[C@@H](N=NN2CC(=O)N2CCN(c3ccccc3)CC2)C1=O. The zero-order chi connectivity index (χ0) is 24.5. The zero-order valence-electron chi connectivity index (χ0n) is 19.1. The number of esters is 1. The quantitative estimate of drug-likeness (QED) is 0.469. The summed E-state index contributed by atoms with van der Waals surface area (Å²) in [5.41, 5.74) is 1.33. The molecule has 11 heteroatoms. The molecule has 0 aliphatic carbocycles. The molecule has 3 aliphatic heterocycles. The van der Waals surface area contributed by atoms with Gasteiger partial charge in [-0.25, -0.2) is 9.69 Å². The van der Waals surface area contributed by atoms with Gasteiger partial charge in [0.05, 0.1) is 18.4 Å². The second kappa shape index (κ2) is 9.16. The van der Waals surface area contributed by atoms with Gasteiger partial charge in [-0.05, 0) is 24.3 Å². The molecule has 180 valence electrons. The average Bonchev–Trinajstić information content (AvgIpc) is 3.42. The number of carbonyl (C=O) groups is 4. The van der Waals surface area contributed by atoms with Crippen molar-refractivity contribution in [2.75, 3.05) is 49.6 Å². The van der Waals surface area contributed by atoms with Gasteiger partial charge >= 0.3 is 5.97 Å². The maximum Gasteiger partial charge on any atom is 0.339 e. The molecule has 5 rings (SSSR count). The second-order valence-electron chi connectivity index (χ2n) is 8.42. The minimum atomic E-state index is -1.06. The summed E-state index contributed by atoms with van der Waals surface area (Å²) in [5.74, 6) is -2.03. The first kappa shape index (κ1) is 22.5. The highest BCUT2D eigenvalue weighted by atomic mass is 16.5. The Morgan fingerprint density at radius 2 is 1.63 bits per heavy atom. The molecule has 2 fully saturated rings. The fourth-order valence-corrected chi connectivity index (χ4v) is 4.63. The molecule has 2 aromatic rings. The van der Waals surface area contributed by atoms with E-state index in [9.17, 15) is 19.2 Å². The number of para-hydroxylation sites is 2. The van der Waals surface area contributed by atoms with Crippen LogP contribution in [0, 0.1) is 0 Å². The molecular weight excluding hydrogens is 452 g/mol. The first-order valence-corrected chi connectivity index (χ1v) is 11.3. The van der Waals surface area contributed by atoms with Gasteiger partial charge in [0.1, 0.15) is 6.54 Å². The van der Waals surface area contributed by atoms with E-state index in [4.69, 9.17) is 4.74 Å². The molecule has 0 N–H and O–H groups in total. The number of hydrogen-bond donors (Lipinski definition) is 0. The Kier molecular flexibility index (Phi) is 5.89. The van der Waals surface area contributed by atoms with Crippen molar-refractivity contribution in [2.45, 2.75) is 12.1 Å². The van der Waals surface area contributed by atoms with Crippen LogP contribution in [0.25, 0.3) is 0 Å². The van der Waals surface area contributed by atoms with Crippen molar-refractivity contribution in [3.05, 3.63) is 60.2 Å². The van der Waals surface area contributed by atoms with Crippen LogP contribution in [-0.4, -0.2) is 85.5 Å². The highest BCUT2D eigenvalue weighted by Crippen LogP contribution is 2.33. The Morgan fingerprint density at radius 1 is 0.943 bits per heavy atom. The molecule has 35 heavy (non-hydrogen) atoms. The maximum absolute atomic E-state index is 13.3. The van der Waals surface area contributed by atoms with Gasteiger partial charge in [0.25, 0.3) is 11.8 Å². The number of rotatable bonds is 5. The van der Waals surface area contributed by atoms with E-state index in [1.54, 1.807) is 17.0 Å². The molecule has 0 bridgehead atoms. The monoisotopic (exact) mass is 476 g/mol. The number of imide groups is 1. The molecule has 3 heterocycles. The number of nitrogens with zero attached hydrogens (tertiary/aromatic N) is 6. The second-order valence-corrected chi connectivity index (χ2v) is 8.42. The third-order valence-electron chi connectivity index (χ3n) is 6.46. The predicted molar refractivity (Wildman–Crippen MR) is 125 cm³/mol. The average molecular weight is 476 g/mol. The van der Waals surface area contributed by atoms with Gasteiger partial charge in [-0.15, -0.1) is 0 Å². The predicted octanol–water partition coefficient (Wildman–Crippen LogP) is 1.12. The van der Waals surface area contributed by atoms with Crippen molar-refractivity contribution in [1.29, 1.82) is 0 Å². The summed E-state index contributed by atoms with van der Waals surface area (Å²) >= 11 is 0. The van der Waals surface area contributed by atoms with Gasteiger partial charge < -0.3 is 14.5 Å². The molecule has 0 aromatic heterocycles. The number of anilines is 2. The molecule has 11 nitrogen and oxygen atoms in total. The number of carbonyl (C=O) groups excluding carboxylic acids is 4. The number of benzene rings is 2.